The Bertz CT molecular complexity index is 699. The molecule has 0 bridgehead atoms. The van der Waals surface area contributed by atoms with Crippen LogP contribution in [0.5, 0.6) is 0 Å². The molecule has 150 valence electrons. The van der Waals surface area contributed by atoms with Crippen molar-refractivity contribution in [1.29, 1.82) is 0 Å². The van der Waals surface area contributed by atoms with Crippen LogP contribution >= 0.6 is 0 Å². The first-order valence-corrected chi connectivity index (χ1v) is 11.3. The van der Waals surface area contributed by atoms with E-state index in [1.165, 1.54) is 68.9 Å². The molecule has 0 aromatic heterocycles. The first-order chi connectivity index (χ1) is 13.6. The van der Waals surface area contributed by atoms with Gasteiger partial charge in [0.15, 0.2) is 0 Å². The number of benzene rings is 2. The smallest absolute Gasteiger partial charge is 0.0314 e. The fourth-order valence-corrected chi connectivity index (χ4v) is 6.02. The van der Waals surface area contributed by atoms with Gasteiger partial charge in [-0.3, -0.25) is 0 Å². The summed E-state index contributed by atoms with van der Waals surface area (Å²) >= 11 is 0. The Hall–Kier alpha value is -1.96. The third-order valence-corrected chi connectivity index (χ3v) is 7.95. The third kappa shape index (κ3) is 3.79. The summed E-state index contributed by atoms with van der Waals surface area (Å²) in [5, 5.41) is 0. The lowest BCUT2D eigenvalue weighted by Gasteiger charge is -2.44. The molecule has 2 saturated carbocycles. The van der Waals surface area contributed by atoms with Crippen LogP contribution in [0.4, 0.5) is 11.4 Å². The van der Waals surface area contributed by atoms with E-state index in [9.17, 15) is 0 Å². The molecule has 0 heterocycles. The molecule has 4 rings (SSSR count). The highest BCUT2D eigenvalue weighted by atomic mass is 14.6. The van der Waals surface area contributed by atoms with Gasteiger partial charge in [0.1, 0.15) is 0 Å². The molecule has 2 nitrogen and oxygen atoms in total. The van der Waals surface area contributed by atoms with Crippen molar-refractivity contribution in [2.75, 3.05) is 11.5 Å². The monoisotopic (exact) mass is 376 g/mol. The number of nitrogen functional groups attached to an aromatic ring is 2. The highest BCUT2D eigenvalue weighted by Gasteiger charge is 2.40. The molecule has 2 aliphatic carbocycles. The Morgan fingerprint density at radius 3 is 1.54 bits per heavy atom. The van der Waals surface area contributed by atoms with E-state index in [4.69, 9.17) is 11.5 Å². The normalized spacial score (nSPS) is 25.5. The minimum absolute atomic E-state index is 0.110. The second kappa shape index (κ2) is 8.19. The van der Waals surface area contributed by atoms with Crippen molar-refractivity contribution >= 4 is 11.4 Å². The van der Waals surface area contributed by atoms with Gasteiger partial charge in [-0.1, -0.05) is 50.5 Å². The standard InChI is InChI=1S/C26H36N2/c1-2-19-3-5-20(6-4-19)21-15-17-26(18-16-21,22-7-11-24(27)12-8-22)23-9-13-25(28)14-10-23/h7-14,19-21H,2-6,15-18,27-28H2,1H3/t19-,20-. The van der Waals surface area contributed by atoms with Gasteiger partial charge < -0.3 is 11.5 Å². The molecule has 4 N–H and O–H groups in total. The van der Waals surface area contributed by atoms with Crippen LogP contribution in [0.1, 0.15) is 75.8 Å². The lowest BCUT2D eigenvalue weighted by molar-refractivity contribution is 0.142. The van der Waals surface area contributed by atoms with E-state index in [1.807, 2.05) is 0 Å². The summed E-state index contributed by atoms with van der Waals surface area (Å²) in [6.07, 6.45) is 12.4. The fraction of sp³-hybridized carbons (Fsp3) is 0.538. The zero-order valence-electron chi connectivity index (χ0n) is 17.4. The van der Waals surface area contributed by atoms with Crippen molar-refractivity contribution in [2.24, 2.45) is 17.8 Å². The molecule has 0 spiro atoms. The Balaban J connectivity index is 1.55. The number of rotatable bonds is 4. The van der Waals surface area contributed by atoms with Crippen molar-refractivity contribution in [3.63, 3.8) is 0 Å². The molecule has 2 aromatic carbocycles. The molecule has 0 radical (unpaired) electrons. The molecule has 0 unspecified atom stereocenters. The number of hydrogen-bond acceptors (Lipinski definition) is 2. The maximum Gasteiger partial charge on any atom is 0.0314 e. The Labute approximate surface area is 170 Å². The van der Waals surface area contributed by atoms with Crippen LogP contribution in [0.2, 0.25) is 0 Å². The average Bonchev–Trinajstić information content (AvgIpc) is 2.75. The zero-order chi connectivity index (χ0) is 19.6. The number of nitrogens with two attached hydrogens (primary N) is 2. The molecule has 2 aromatic rings. The van der Waals surface area contributed by atoms with Crippen LogP contribution in [0.15, 0.2) is 48.5 Å². The van der Waals surface area contributed by atoms with E-state index < -0.39 is 0 Å². The highest BCUT2D eigenvalue weighted by molar-refractivity contribution is 5.49. The predicted octanol–water partition coefficient (Wildman–Crippen LogP) is 6.54. The van der Waals surface area contributed by atoms with Crippen LogP contribution in [0.25, 0.3) is 0 Å². The molecule has 2 heteroatoms. The zero-order valence-corrected chi connectivity index (χ0v) is 17.4. The van der Waals surface area contributed by atoms with Crippen LogP contribution in [0.3, 0.4) is 0 Å². The molecular formula is C26H36N2. The topological polar surface area (TPSA) is 52.0 Å². The van der Waals surface area contributed by atoms with Crippen LogP contribution in [0, 0.1) is 17.8 Å². The van der Waals surface area contributed by atoms with Gasteiger partial charge >= 0.3 is 0 Å². The van der Waals surface area contributed by atoms with Crippen molar-refractivity contribution in [2.45, 2.75) is 70.1 Å². The van der Waals surface area contributed by atoms with Crippen LogP contribution in [-0.2, 0) is 5.41 Å². The van der Waals surface area contributed by atoms with Gasteiger partial charge in [-0.15, -0.1) is 0 Å². The Morgan fingerprint density at radius 2 is 1.11 bits per heavy atom. The summed E-state index contributed by atoms with van der Waals surface area (Å²) in [5.74, 6) is 2.86. The van der Waals surface area contributed by atoms with Crippen molar-refractivity contribution in [3.05, 3.63) is 59.7 Å². The van der Waals surface area contributed by atoms with E-state index in [0.29, 0.717) is 0 Å². The maximum absolute atomic E-state index is 5.98. The van der Waals surface area contributed by atoms with Gasteiger partial charge in [0, 0.05) is 16.8 Å². The summed E-state index contributed by atoms with van der Waals surface area (Å²) in [7, 11) is 0. The molecule has 0 atom stereocenters. The second-order valence-corrected chi connectivity index (χ2v) is 9.35. The van der Waals surface area contributed by atoms with Crippen LogP contribution < -0.4 is 11.5 Å². The van der Waals surface area contributed by atoms with Crippen molar-refractivity contribution in [3.8, 4) is 0 Å². The molecule has 28 heavy (non-hydrogen) atoms. The summed E-state index contributed by atoms with van der Waals surface area (Å²) in [5.41, 5.74) is 16.6. The van der Waals surface area contributed by atoms with Gasteiger partial charge in [-0.25, -0.2) is 0 Å². The lowest BCUT2D eigenvalue weighted by atomic mass is 9.60. The Kier molecular flexibility index (Phi) is 5.66. The quantitative estimate of drug-likeness (QED) is 0.595. The minimum Gasteiger partial charge on any atom is -0.399 e. The van der Waals surface area contributed by atoms with Gasteiger partial charge in [0.2, 0.25) is 0 Å². The second-order valence-electron chi connectivity index (χ2n) is 9.35. The average molecular weight is 377 g/mol. The lowest BCUT2D eigenvalue weighted by Crippen LogP contribution is -2.35. The highest BCUT2D eigenvalue weighted by Crippen LogP contribution is 2.50. The number of anilines is 2. The van der Waals surface area contributed by atoms with Gasteiger partial charge in [0.25, 0.3) is 0 Å². The van der Waals surface area contributed by atoms with Crippen molar-refractivity contribution < 1.29 is 0 Å². The van der Waals surface area contributed by atoms with Gasteiger partial charge in [-0.05, 0) is 91.7 Å². The molecule has 2 aliphatic rings. The molecule has 0 aliphatic heterocycles. The molecule has 2 fully saturated rings. The largest absolute Gasteiger partial charge is 0.399 e. The van der Waals surface area contributed by atoms with Crippen LogP contribution in [-0.4, -0.2) is 0 Å². The summed E-state index contributed by atoms with van der Waals surface area (Å²) < 4.78 is 0. The SMILES string of the molecule is CC[C@H]1CC[C@H](C2CCC(c3ccc(N)cc3)(c3ccc(N)cc3)CC2)CC1. The summed E-state index contributed by atoms with van der Waals surface area (Å²) in [6, 6.07) is 17.2. The molecular weight excluding hydrogens is 340 g/mol. The van der Waals surface area contributed by atoms with Crippen molar-refractivity contribution in [1.82, 2.24) is 0 Å². The van der Waals surface area contributed by atoms with Gasteiger partial charge in [0.05, 0.1) is 0 Å². The summed E-state index contributed by atoms with van der Waals surface area (Å²) in [4.78, 5) is 0. The predicted molar refractivity (Wildman–Crippen MR) is 120 cm³/mol. The first-order valence-electron chi connectivity index (χ1n) is 11.3. The van der Waals surface area contributed by atoms with E-state index in [2.05, 4.69) is 55.5 Å². The van der Waals surface area contributed by atoms with E-state index in [1.54, 1.807) is 0 Å². The van der Waals surface area contributed by atoms with Gasteiger partial charge in [-0.2, -0.15) is 0 Å². The minimum atomic E-state index is 0.110. The van der Waals surface area contributed by atoms with E-state index in [0.717, 1.165) is 29.1 Å². The number of hydrogen-bond donors (Lipinski definition) is 2. The maximum atomic E-state index is 5.98. The first kappa shape index (κ1) is 19.4. The summed E-state index contributed by atoms with van der Waals surface area (Å²) in [6.45, 7) is 2.36. The molecule has 0 amide bonds. The third-order valence-electron chi connectivity index (χ3n) is 7.95. The van der Waals surface area contributed by atoms with E-state index >= 15 is 0 Å². The Morgan fingerprint density at radius 1 is 0.679 bits per heavy atom. The fourth-order valence-electron chi connectivity index (χ4n) is 6.02. The van der Waals surface area contributed by atoms with E-state index in [-0.39, 0.29) is 5.41 Å². The molecule has 0 saturated heterocycles.